The van der Waals surface area contributed by atoms with Crippen LogP contribution in [0.4, 0.5) is 5.69 Å². The molecule has 0 aliphatic heterocycles. The van der Waals surface area contributed by atoms with Crippen molar-refractivity contribution in [3.05, 3.63) is 29.8 Å². The second-order valence-electron chi connectivity index (χ2n) is 5.32. The van der Waals surface area contributed by atoms with E-state index in [2.05, 4.69) is 24.4 Å². The van der Waals surface area contributed by atoms with E-state index in [1.54, 1.807) is 0 Å². The van der Waals surface area contributed by atoms with Crippen LogP contribution in [0, 0.1) is 17.2 Å². The Balaban J connectivity index is 1.94. The Morgan fingerprint density at radius 3 is 2.94 bits per heavy atom. The van der Waals surface area contributed by atoms with E-state index in [9.17, 15) is 0 Å². The Hall–Kier alpha value is -1.49. The van der Waals surface area contributed by atoms with E-state index in [4.69, 9.17) is 5.26 Å². The monoisotopic (exact) mass is 242 g/mol. The fourth-order valence-corrected chi connectivity index (χ4v) is 2.85. The first-order valence-corrected chi connectivity index (χ1v) is 7.08. The third kappa shape index (κ3) is 3.50. The molecule has 1 aliphatic rings. The summed E-state index contributed by atoms with van der Waals surface area (Å²) in [6, 6.07) is 10.6. The quantitative estimate of drug-likeness (QED) is 0.801. The van der Waals surface area contributed by atoms with Crippen molar-refractivity contribution >= 4 is 5.69 Å². The lowest BCUT2D eigenvalue weighted by Gasteiger charge is -2.18. The zero-order chi connectivity index (χ0) is 12.8. The average Bonchev–Trinajstić information content (AvgIpc) is 2.64. The third-order valence-corrected chi connectivity index (χ3v) is 4.03. The van der Waals surface area contributed by atoms with Gasteiger partial charge < -0.3 is 5.32 Å². The Morgan fingerprint density at radius 2 is 2.17 bits per heavy atom. The minimum Gasteiger partial charge on any atom is -0.382 e. The maximum absolute atomic E-state index is 8.90. The molecule has 2 rings (SSSR count). The van der Waals surface area contributed by atoms with Crippen LogP contribution in [0.1, 0.15) is 51.0 Å². The summed E-state index contributed by atoms with van der Waals surface area (Å²) in [7, 11) is 0. The summed E-state index contributed by atoms with van der Waals surface area (Å²) in [5.41, 5.74) is 1.83. The lowest BCUT2D eigenvalue weighted by Crippen LogP contribution is -2.18. The summed E-state index contributed by atoms with van der Waals surface area (Å²) >= 11 is 0. The number of rotatable bonds is 3. The molecular formula is C16H22N2. The molecule has 2 unspecified atom stereocenters. The van der Waals surface area contributed by atoms with Crippen molar-refractivity contribution in [1.82, 2.24) is 0 Å². The zero-order valence-electron chi connectivity index (χ0n) is 11.2. The minimum absolute atomic E-state index is 0.579. The molecule has 1 aromatic rings. The SMILES string of the molecule is CCC1CCCC(Nc2cccc(C#N)c2)CC1. The van der Waals surface area contributed by atoms with Gasteiger partial charge in [0.1, 0.15) is 0 Å². The molecule has 1 N–H and O–H groups in total. The minimum atomic E-state index is 0.579. The van der Waals surface area contributed by atoms with E-state index in [0.717, 1.165) is 17.2 Å². The number of nitrogens with one attached hydrogen (secondary N) is 1. The van der Waals surface area contributed by atoms with E-state index in [-0.39, 0.29) is 0 Å². The van der Waals surface area contributed by atoms with E-state index in [1.807, 2.05) is 18.2 Å². The predicted octanol–water partition coefficient (Wildman–Crippen LogP) is 4.33. The lowest BCUT2D eigenvalue weighted by atomic mass is 9.98. The van der Waals surface area contributed by atoms with E-state index < -0.39 is 0 Å². The second-order valence-corrected chi connectivity index (χ2v) is 5.32. The molecule has 0 saturated heterocycles. The molecule has 1 saturated carbocycles. The fraction of sp³-hybridized carbons (Fsp3) is 0.562. The Kier molecular flexibility index (Phi) is 4.64. The van der Waals surface area contributed by atoms with Crippen LogP contribution in [0.2, 0.25) is 0 Å². The summed E-state index contributed by atoms with van der Waals surface area (Å²) in [6.07, 6.45) is 7.88. The fourth-order valence-electron chi connectivity index (χ4n) is 2.85. The van der Waals surface area contributed by atoms with E-state index in [0.29, 0.717) is 6.04 Å². The van der Waals surface area contributed by atoms with Crippen molar-refractivity contribution < 1.29 is 0 Å². The van der Waals surface area contributed by atoms with Crippen molar-refractivity contribution in [3.63, 3.8) is 0 Å². The number of hydrogen-bond donors (Lipinski definition) is 1. The molecule has 1 aromatic carbocycles. The van der Waals surface area contributed by atoms with E-state index >= 15 is 0 Å². The van der Waals surface area contributed by atoms with Crippen LogP contribution in [0.15, 0.2) is 24.3 Å². The first-order chi connectivity index (χ1) is 8.81. The van der Waals surface area contributed by atoms with Gasteiger partial charge in [-0.15, -0.1) is 0 Å². The van der Waals surface area contributed by atoms with Crippen molar-refractivity contribution in [2.45, 2.75) is 51.5 Å². The maximum Gasteiger partial charge on any atom is 0.0992 e. The number of nitriles is 1. The van der Waals surface area contributed by atoms with Crippen molar-refractivity contribution in [1.29, 1.82) is 5.26 Å². The first kappa shape index (κ1) is 13.0. The molecule has 0 radical (unpaired) electrons. The number of anilines is 1. The molecule has 0 spiro atoms. The molecule has 2 nitrogen and oxygen atoms in total. The van der Waals surface area contributed by atoms with Crippen LogP contribution in [-0.4, -0.2) is 6.04 Å². The van der Waals surface area contributed by atoms with Gasteiger partial charge in [0.25, 0.3) is 0 Å². The first-order valence-electron chi connectivity index (χ1n) is 7.08. The van der Waals surface area contributed by atoms with Gasteiger partial charge in [0.2, 0.25) is 0 Å². The lowest BCUT2D eigenvalue weighted by molar-refractivity contribution is 0.444. The Morgan fingerprint density at radius 1 is 1.28 bits per heavy atom. The maximum atomic E-state index is 8.90. The van der Waals surface area contributed by atoms with Gasteiger partial charge in [-0.05, 0) is 43.4 Å². The number of benzene rings is 1. The van der Waals surface area contributed by atoms with Crippen LogP contribution in [0.5, 0.6) is 0 Å². The highest BCUT2D eigenvalue weighted by molar-refractivity contribution is 5.49. The van der Waals surface area contributed by atoms with Crippen molar-refractivity contribution in [2.75, 3.05) is 5.32 Å². The molecule has 0 amide bonds. The standard InChI is InChI=1S/C16H22N2/c1-2-13-5-3-7-15(10-9-13)18-16-8-4-6-14(11-16)12-17/h4,6,8,11,13,15,18H,2-3,5,7,9-10H2,1H3. The van der Waals surface area contributed by atoms with Gasteiger partial charge >= 0.3 is 0 Å². The predicted molar refractivity (Wildman–Crippen MR) is 75.4 cm³/mol. The molecule has 1 aliphatic carbocycles. The molecule has 0 aromatic heterocycles. The number of hydrogen-bond acceptors (Lipinski definition) is 2. The van der Waals surface area contributed by atoms with Gasteiger partial charge in [0.15, 0.2) is 0 Å². The molecule has 1 fully saturated rings. The van der Waals surface area contributed by atoms with Crippen LogP contribution in [-0.2, 0) is 0 Å². The van der Waals surface area contributed by atoms with Gasteiger partial charge in [-0.2, -0.15) is 5.26 Å². The van der Waals surface area contributed by atoms with E-state index in [1.165, 1.54) is 38.5 Å². The van der Waals surface area contributed by atoms with Gasteiger partial charge in [0, 0.05) is 11.7 Å². The smallest absolute Gasteiger partial charge is 0.0992 e. The van der Waals surface area contributed by atoms with Gasteiger partial charge in [0.05, 0.1) is 11.6 Å². The molecule has 2 heteroatoms. The topological polar surface area (TPSA) is 35.8 Å². The molecular weight excluding hydrogens is 220 g/mol. The van der Waals surface area contributed by atoms with Crippen LogP contribution >= 0.6 is 0 Å². The summed E-state index contributed by atoms with van der Waals surface area (Å²) in [5.74, 6) is 0.919. The normalized spacial score (nSPS) is 24.0. The highest BCUT2D eigenvalue weighted by atomic mass is 14.9. The van der Waals surface area contributed by atoms with Crippen LogP contribution in [0.25, 0.3) is 0 Å². The summed E-state index contributed by atoms with van der Waals surface area (Å²) in [5, 5.41) is 12.5. The van der Waals surface area contributed by atoms with Crippen molar-refractivity contribution in [2.24, 2.45) is 5.92 Å². The zero-order valence-corrected chi connectivity index (χ0v) is 11.2. The largest absolute Gasteiger partial charge is 0.382 e. The van der Waals surface area contributed by atoms with Crippen LogP contribution < -0.4 is 5.32 Å². The molecule has 96 valence electrons. The summed E-state index contributed by atoms with van der Waals surface area (Å²) in [6.45, 7) is 2.30. The van der Waals surface area contributed by atoms with Crippen LogP contribution in [0.3, 0.4) is 0 Å². The number of nitrogens with zero attached hydrogens (tertiary/aromatic N) is 1. The summed E-state index contributed by atoms with van der Waals surface area (Å²) in [4.78, 5) is 0. The van der Waals surface area contributed by atoms with Gasteiger partial charge in [-0.25, -0.2) is 0 Å². The molecule has 0 bridgehead atoms. The Labute approximate surface area is 110 Å². The second kappa shape index (κ2) is 6.44. The van der Waals surface area contributed by atoms with Gasteiger partial charge in [-0.1, -0.05) is 32.3 Å². The Bertz CT molecular complexity index is 419. The third-order valence-electron chi connectivity index (χ3n) is 4.03. The van der Waals surface area contributed by atoms with Gasteiger partial charge in [-0.3, -0.25) is 0 Å². The highest BCUT2D eigenvalue weighted by Crippen LogP contribution is 2.27. The highest BCUT2D eigenvalue weighted by Gasteiger charge is 2.17. The molecule has 18 heavy (non-hydrogen) atoms. The van der Waals surface area contributed by atoms with Crippen molar-refractivity contribution in [3.8, 4) is 6.07 Å². The molecule has 0 heterocycles. The molecule has 2 atom stereocenters. The summed E-state index contributed by atoms with van der Waals surface area (Å²) < 4.78 is 0. The average molecular weight is 242 g/mol.